The Morgan fingerprint density at radius 2 is 1.96 bits per heavy atom. The number of aliphatic hydroxyl groups excluding tert-OH is 1. The number of benzene rings is 1. The smallest absolute Gasteiger partial charge is 0.191 e. The maximum atomic E-state index is 8.91. The Labute approximate surface area is 170 Å². The molecule has 0 bridgehead atoms. The third-order valence-corrected chi connectivity index (χ3v) is 4.49. The van der Waals surface area contributed by atoms with Gasteiger partial charge in [0.1, 0.15) is 0 Å². The molecule has 1 aliphatic heterocycles. The first-order chi connectivity index (χ1) is 11.2. The average Bonchev–Trinajstić information content (AvgIpc) is 2.57. The van der Waals surface area contributed by atoms with Crippen molar-refractivity contribution < 1.29 is 5.11 Å². The van der Waals surface area contributed by atoms with Crippen LogP contribution >= 0.6 is 39.9 Å². The van der Waals surface area contributed by atoms with Gasteiger partial charge in [0.2, 0.25) is 0 Å². The summed E-state index contributed by atoms with van der Waals surface area (Å²) in [6.07, 6.45) is 2.22. The van der Waals surface area contributed by atoms with Crippen LogP contribution in [0.4, 0.5) is 0 Å². The maximum Gasteiger partial charge on any atom is 0.191 e. The first-order valence-electron chi connectivity index (χ1n) is 8.33. The molecule has 3 N–H and O–H groups in total. The van der Waals surface area contributed by atoms with Crippen LogP contribution in [0.3, 0.4) is 0 Å². The molecular formula is C17H28BrIN4O. The van der Waals surface area contributed by atoms with Crippen LogP contribution in [-0.2, 0) is 6.54 Å². The summed E-state index contributed by atoms with van der Waals surface area (Å²) in [6.45, 7) is 6.61. The van der Waals surface area contributed by atoms with Crippen LogP contribution in [0.15, 0.2) is 33.7 Å². The van der Waals surface area contributed by atoms with Crippen LogP contribution in [-0.4, -0.2) is 54.8 Å². The van der Waals surface area contributed by atoms with Gasteiger partial charge in [-0.1, -0.05) is 28.1 Å². The van der Waals surface area contributed by atoms with Crippen molar-refractivity contribution in [3.05, 3.63) is 34.3 Å². The van der Waals surface area contributed by atoms with Gasteiger partial charge in [0.25, 0.3) is 0 Å². The number of hydrogen-bond donors (Lipinski definition) is 3. The number of hydrogen-bond acceptors (Lipinski definition) is 3. The van der Waals surface area contributed by atoms with E-state index in [9.17, 15) is 0 Å². The molecule has 5 nitrogen and oxygen atoms in total. The van der Waals surface area contributed by atoms with Crippen LogP contribution in [0.5, 0.6) is 0 Å². The summed E-state index contributed by atoms with van der Waals surface area (Å²) in [7, 11) is 0. The largest absolute Gasteiger partial charge is 0.394 e. The van der Waals surface area contributed by atoms with E-state index in [4.69, 9.17) is 5.11 Å². The second kappa shape index (κ2) is 12.1. The lowest BCUT2D eigenvalue weighted by atomic mass is 10.0. The van der Waals surface area contributed by atoms with Crippen LogP contribution in [0, 0.1) is 0 Å². The minimum absolute atomic E-state index is 0. The number of rotatable bonds is 6. The normalized spacial score (nSPS) is 16.5. The van der Waals surface area contributed by atoms with E-state index in [0.29, 0.717) is 12.6 Å². The van der Waals surface area contributed by atoms with Crippen molar-refractivity contribution in [1.29, 1.82) is 0 Å². The molecule has 0 saturated carbocycles. The lowest BCUT2D eigenvalue weighted by Crippen LogP contribution is -2.48. The summed E-state index contributed by atoms with van der Waals surface area (Å²) in [5, 5.41) is 15.6. The van der Waals surface area contributed by atoms with Crippen LogP contribution in [0.25, 0.3) is 0 Å². The fraction of sp³-hybridized carbons (Fsp3) is 0.588. The van der Waals surface area contributed by atoms with E-state index in [1.807, 2.05) is 0 Å². The quantitative estimate of drug-likeness (QED) is 0.313. The number of likely N-dealkylation sites (tertiary alicyclic amines) is 1. The van der Waals surface area contributed by atoms with Gasteiger partial charge < -0.3 is 15.7 Å². The first-order valence-corrected chi connectivity index (χ1v) is 9.13. The topological polar surface area (TPSA) is 59.9 Å². The minimum Gasteiger partial charge on any atom is -0.394 e. The van der Waals surface area contributed by atoms with E-state index in [1.54, 1.807) is 0 Å². The van der Waals surface area contributed by atoms with E-state index in [0.717, 1.165) is 49.5 Å². The standard InChI is InChI=1S/C17H27BrN4O.HI/c1-2-19-17(20-9-12-23)21-16-7-10-22(11-8-16)13-14-3-5-15(18)6-4-14;/h3-6,16,23H,2,7-13H2,1H3,(H2,19,20,21);1H. The molecule has 24 heavy (non-hydrogen) atoms. The summed E-state index contributed by atoms with van der Waals surface area (Å²) in [5.41, 5.74) is 1.36. The Bertz CT molecular complexity index is 490. The predicted octanol–water partition coefficient (Wildman–Crippen LogP) is 2.58. The van der Waals surface area contributed by atoms with Gasteiger partial charge >= 0.3 is 0 Å². The summed E-state index contributed by atoms with van der Waals surface area (Å²) in [4.78, 5) is 6.85. The maximum absolute atomic E-state index is 8.91. The molecule has 1 aromatic carbocycles. The third kappa shape index (κ3) is 7.67. The summed E-state index contributed by atoms with van der Waals surface area (Å²) in [6, 6.07) is 9.01. The first kappa shape index (κ1) is 21.7. The fourth-order valence-corrected chi connectivity index (χ4v) is 3.02. The molecule has 0 atom stereocenters. The highest BCUT2D eigenvalue weighted by Gasteiger charge is 2.19. The Morgan fingerprint density at radius 1 is 1.29 bits per heavy atom. The lowest BCUT2D eigenvalue weighted by Gasteiger charge is -2.33. The third-order valence-electron chi connectivity index (χ3n) is 3.96. The Kier molecular flexibility index (Phi) is 10.9. The van der Waals surface area contributed by atoms with E-state index >= 15 is 0 Å². The molecule has 1 fully saturated rings. The molecule has 0 aromatic heterocycles. The summed E-state index contributed by atoms with van der Waals surface area (Å²) in [5.74, 6) is 0.813. The molecule has 136 valence electrons. The van der Waals surface area contributed by atoms with E-state index in [-0.39, 0.29) is 30.6 Å². The fourth-order valence-electron chi connectivity index (χ4n) is 2.76. The van der Waals surface area contributed by atoms with Gasteiger partial charge in [0, 0.05) is 36.7 Å². The number of nitrogens with zero attached hydrogens (tertiary/aromatic N) is 2. The molecule has 2 rings (SSSR count). The molecule has 1 aliphatic rings. The van der Waals surface area contributed by atoms with Crippen LogP contribution in [0.1, 0.15) is 25.3 Å². The van der Waals surface area contributed by atoms with Gasteiger partial charge in [0.15, 0.2) is 5.96 Å². The number of piperidine rings is 1. The summed E-state index contributed by atoms with van der Waals surface area (Å²) >= 11 is 3.48. The van der Waals surface area contributed by atoms with Crippen molar-refractivity contribution in [1.82, 2.24) is 15.5 Å². The Balaban J connectivity index is 0.00000288. The zero-order chi connectivity index (χ0) is 16.5. The molecule has 0 aliphatic carbocycles. The van der Waals surface area contributed by atoms with Crippen molar-refractivity contribution in [2.24, 2.45) is 4.99 Å². The SMILES string of the molecule is CCNC(=NCCO)NC1CCN(Cc2ccc(Br)cc2)CC1.I. The van der Waals surface area contributed by atoms with Crippen LogP contribution in [0.2, 0.25) is 0 Å². The van der Waals surface area contributed by atoms with Crippen molar-refractivity contribution in [2.75, 3.05) is 32.8 Å². The van der Waals surface area contributed by atoms with Gasteiger partial charge in [-0.2, -0.15) is 0 Å². The van der Waals surface area contributed by atoms with Gasteiger partial charge in [0.05, 0.1) is 13.2 Å². The molecular weight excluding hydrogens is 483 g/mol. The predicted molar refractivity (Wildman–Crippen MR) is 114 cm³/mol. The zero-order valence-corrected chi connectivity index (χ0v) is 18.1. The Morgan fingerprint density at radius 3 is 2.54 bits per heavy atom. The highest BCUT2D eigenvalue weighted by molar-refractivity contribution is 14.0. The monoisotopic (exact) mass is 510 g/mol. The minimum atomic E-state index is 0. The Hall–Kier alpha value is -0.380. The van der Waals surface area contributed by atoms with Gasteiger partial charge in [-0.15, -0.1) is 24.0 Å². The lowest BCUT2D eigenvalue weighted by molar-refractivity contribution is 0.198. The van der Waals surface area contributed by atoms with Gasteiger partial charge in [-0.05, 0) is 37.5 Å². The summed E-state index contributed by atoms with van der Waals surface area (Å²) < 4.78 is 1.13. The van der Waals surface area contributed by atoms with Gasteiger partial charge in [-0.3, -0.25) is 9.89 Å². The zero-order valence-electron chi connectivity index (χ0n) is 14.2. The highest BCUT2D eigenvalue weighted by atomic mass is 127. The molecule has 1 aromatic rings. The molecule has 0 amide bonds. The molecule has 1 saturated heterocycles. The van der Waals surface area contributed by atoms with Crippen molar-refractivity contribution in [3.8, 4) is 0 Å². The second-order valence-electron chi connectivity index (χ2n) is 5.81. The van der Waals surface area contributed by atoms with Crippen molar-refractivity contribution in [2.45, 2.75) is 32.4 Å². The molecule has 7 heteroatoms. The number of aliphatic hydroxyl groups is 1. The van der Waals surface area contributed by atoms with Crippen LogP contribution < -0.4 is 10.6 Å². The van der Waals surface area contributed by atoms with Crippen molar-refractivity contribution >= 4 is 45.9 Å². The van der Waals surface area contributed by atoms with E-state index in [1.165, 1.54) is 5.56 Å². The molecule has 0 radical (unpaired) electrons. The number of guanidine groups is 1. The molecule has 0 spiro atoms. The average molecular weight is 511 g/mol. The highest BCUT2D eigenvalue weighted by Crippen LogP contribution is 2.16. The number of nitrogens with one attached hydrogen (secondary N) is 2. The van der Waals surface area contributed by atoms with E-state index < -0.39 is 0 Å². The van der Waals surface area contributed by atoms with Crippen molar-refractivity contribution in [3.63, 3.8) is 0 Å². The van der Waals surface area contributed by atoms with E-state index in [2.05, 4.69) is 67.6 Å². The van der Waals surface area contributed by atoms with Gasteiger partial charge in [-0.25, -0.2) is 0 Å². The number of halogens is 2. The molecule has 1 heterocycles. The molecule has 0 unspecified atom stereocenters. The number of aliphatic imine (C=N–C) groups is 1. The second-order valence-corrected chi connectivity index (χ2v) is 6.72.